The number of hydrogen-bond acceptors (Lipinski definition) is 1. The summed E-state index contributed by atoms with van der Waals surface area (Å²) in [4.78, 5) is 2.50. The lowest BCUT2D eigenvalue weighted by molar-refractivity contribution is 0.359. The van der Waals surface area contributed by atoms with Gasteiger partial charge in [-0.3, -0.25) is 0 Å². The van der Waals surface area contributed by atoms with Gasteiger partial charge in [0.25, 0.3) is 0 Å². The van der Waals surface area contributed by atoms with Crippen molar-refractivity contribution in [2.75, 3.05) is 20.1 Å². The summed E-state index contributed by atoms with van der Waals surface area (Å²) >= 11 is 0. The molecule has 1 heterocycles. The Hall–Kier alpha value is -0.300. The number of rotatable bonds is 0. The molecule has 0 radical (unpaired) electrons. The van der Waals surface area contributed by atoms with Crippen molar-refractivity contribution in [1.29, 1.82) is 0 Å². The molecular weight excluding hydrogens is 134 g/mol. The molecule has 1 saturated heterocycles. The van der Waals surface area contributed by atoms with Crippen molar-refractivity contribution in [2.45, 2.75) is 6.42 Å². The largest absolute Gasteiger partial charge is 0.306 e. The first-order valence-corrected chi connectivity index (χ1v) is 4.71. The summed E-state index contributed by atoms with van der Waals surface area (Å²) in [6.45, 7) is 2.71. The topological polar surface area (TPSA) is 3.24 Å². The highest BCUT2D eigenvalue weighted by atomic mass is 15.1. The van der Waals surface area contributed by atoms with Crippen molar-refractivity contribution >= 4 is 0 Å². The maximum absolute atomic E-state index is 2.50. The molecule has 11 heavy (non-hydrogen) atoms. The van der Waals surface area contributed by atoms with Crippen LogP contribution in [-0.2, 0) is 0 Å². The van der Waals surface area contributed by atoms with Crippen LogP contribution in [0.5, 0.6) is 0 Å². The van der Waals surface area contributed by atoms with Crippen LogP contribution in [0.2, 0.25) is 0 Å². The third-order valence-corrected chi connectivity index (χ3v) is 3.84. The molecule has 0 aromatic carbocycles. The Morgan fingerprint density at radius 1 is 1.09 bits per heavy atom. The number of hydrogen-bond donors (Lipinski definition) is 0. The molecule has 3 rings (SSSR count). The molecular formula is C10H15N. The fourth-order valence-corrected chi connectivity index (χ4v) is 3.36. The van der Waals surface area contributed by atoms with Gasteiger partial charge in [0, 0.05) is 13.1 Å². The van der Waals surface area contributed by atoms with Crippen LogP contribution in [-0.4, -0.2) is 25.0 Å². The van der Waals surface area contributed by atoms with Crippen molar-refractivity contribution in [3.8, 4) is 0 Å². The zero-order valence-corrected chi connectivity index (χ0v) is 7.03. The summed E-state index contributed by atoms with van der Waals surface area (Å²) in [7, 11) is 2.26. The minimum atomic E-state index is 0.954. The Balaban J connectivity index is 1.92. The summed E-state index contributed by atoms with van der Waals surface area (Å²) < 4.78 is 0. The average molecular weight is 149 g/mol. The Morgan fingerprint density at radius 2 is 1.64 bits per heavy atom. The van der Waals surface area contributed by atoms with Crippen molar-refractivity contribution in [1.82, 2.24) is 4.90 Å². The number of likely N-dealkylation sites (tertiary alicyclic amines) is 1. The SMILES string of the molecule is CN1CC2C3C=CC(C3)[C@H]2C1. The van der Waals surface area contributed by atoms with Gasteiger partial charge in [-0.25, -0.2) is 0 Å². The minimum absolute atomic E-state index is 0.954. The van der Waals surface area contributed by atoms with Gasteiger partial charge in [0.1, 0.15) is 0 Å². The molecule has 0 aromatic heterocycles. The van der Waals surface area contributed by atoms with E-state index in [-0.39, 0.29) is 0 Å². The second-order valence-electron chi connectivity index (χ2n) is 4.50. The van der Waals surface area contributed by atoms with E-state index in [0.717, 1.165) is 23.7 Å². The molecule has 1 nitrogen and oxygen atoms in total. The third-order valence-electron chi connectivity index (χ3n) is 3.84. The van der Waals surface area contributed by atoms with Crippen LogP contribution in [0.15, 0.2) is 12.2 Å². The highest BCUT2D eigenvalue weighted by molar-refractivity contribution is 5.16. The molecule has 2 aliphatic carbocycles. The second-order valence-corrected chi connectivity index (χ2v) is 4.50. The van der Waals surface area contributed by atoms with Gasteiger partial charge in [0.05, 0.1) is 0 Å². The molecule has 1 aliphatic heterocycles. The van der Waals surface area contributed by atoms with E-state index >= 15 is 0 Å². The van der Waals surface area contributed by atoms with E-state index < -0.39 is 0 Å². The van der Waals surface area contributed by atoms with Crippen molar-refractivity contribution < 1.29 is 0 Å². The van der Waals surface area contributed by atoms with Gasteiger partial charge >= 0.3 is 0 Å². The van der Waals surface area contributed by atoms with Crippen LogP contribution < -0.4 is 0 Å². The first-order valence-electron chi connectivity index (χ1n) is 4.71. The zero-order chi connectivity index (χ0) is 7.42. The first kappa shape index (κ1) is 6.24. The summed E-state index contributed by atoms with van der Waals surface area (Å²) in [5.74, 6) is 3.95. The smallest absolute Gasteiger partial charge is 0.00157 e. The highest BCUT2D eigenvalue weighted by Crippen LogP contribution is 2.50. The standard InChI is InChI=1S/C10H15N/c1-11-5-9-7-2-3-8(4-7)10(9)6-11/h2-3,7-10H,4-6H2,1H3/t7?,8?,9-,10?/m1/s1. The predicted molar refractivity (Wildman–Crippen MR) is 45.2 cm³/mol. The maximum Gasteiger partial charge on any atom is 0.00157 e. The summed E-state index contributed by atoms with van der Waals surface area (Å²) in [6.07, 6.45) is 6.40. The lowest BCUT2D eigenvalue weighted by Gasteiger charge is -2.17. The van der Waals surface area contributed by atoms with E-state index in [0.29, 0.717) is 0 Å². The third kappa shape index (κ3) is 0.698. The molecule has 2 fully saturated rings. The van der Waals surface area contributed by atoms with E-state index in [1.807, 2.05) is 0 Å². The zero-order valence-electron chi connectivity index (χ0n) is 7.03. The van der Waals surface area contributed by atoms with Gasteiger partial charge < -0.3 is 4.90 Å². The Kier molecular flexibility index (Phi) is 1.07. The molecule has 0 spiro atoms. The molecule has 0 amide bonds. The fourth-order valence-electron chi connectivity index (χ4n) is 3.36. The second kappa shape index (κ2) is 1.89. The van der Waals surface area contributed by atoms with Crippen LogP contribution in [0.4, 0.5) is 0 Å². The van der Waals surface area contributed by atoms with Gasteiger partial charge in [-0.1, -0.05) is 12.2 Å². The van der Waals surface area contributed by atoms with Gasteiger partial charge in [0.15, 0.2) is 0 Å². The fraction of sp³-hybridized carbons (Fsp3) is 0.800. The number of fused-ring (bicyclic) bond motifs is 5. The lowest BCUT2D eigenvalue weighted by atomic mass is 9.86. The molecule has 4 atom stereocenters. The molecule has 1 saturated carbocycles. The molecule has 0 aromatic rings. The molecule has 0 N–H and O–H groups in total. The maximum atomic E-state index is 2.50. The summed E-state index contributed by atoms with van der Waals surface area (Å²) in [5, 5.41) is 0. The lowest BCUT2D eigenvalue weighted by Crippen LogP contribution is -2.17. The highest BCUT2D eigenvalue weighted by Gasteiger charge is 2.48. The van der Waals surface area contributed by atoms with Gasteiger partial charge in [-0.15, -0.1) is 0 Å². The molecule has 2 bridgehead atoms. The molecule has 3 unspecified atom stereocenters. The van der Waals surface area contributed by atoms with E-state index in [4.69, 9.17) is 0 Å². The predicted octanol–water partition coefficient (Wildman–Crippen LogP) is 1.37. The van der Waals surface area contributed by atoms with E-state index in [1.165, 1.54) is 19.5 Å². The number of allylic oxidation sites excluding steroid dienone is 2. The Labute approximate surface area is 68.1 Å². The van der Waals surface area contributed by atoms with Gasteiger partial charge in [-0.2, -0.15) is 0 Å². The van der Waals surface area contributed by atoms with E-state index in [1.54, 1.807) is 0 Å². The Morgan fingerprint density at radius 3 is 2.18 bits per heavy atom. The monoisotopic (exact) mass is 149 g/mol. The van der Waals surface area contributed by atoms with Crippen LogP contribution in [0.25, 0.3) is 0 Å². The normalized spacial score (nSPS) is 53.9. The van der Waals surface area contributed by atoms with Crippen LogP contribution in [0.3, 0.4) is 0 Å². The van der Waals surface area contributed by atoms with Crippen LogP contribution >= 0.6 is 0 Å². The molecule has 60 valence electrons. The first-order chi connectivity index (χ1) is 5.34. The van der Waals surface area contributed by atoms with E-state index in [9.17, 15) is 0 Å². The molecule has 1 heteroatoms. The van der Waals surface area contributed by atoms with Crippen LogP contribution in [0.1, 0.15) is 6.42 Å². The van der Waals surface area contributed by atoms with Crippen molar-refractivity contribution in [3.63, 3.8) is 0 Å². The van der Waals surface area contributed by atoms with Crippen LogP contribution in [0, 0.1) is 23.7 Å². The van der Waals surface area contributed by atoms with Gasteiger partial charge in [0.2, 0.25) is 0 Å². The molecule has 3 aliphatic rings. The summed E-state index contributed by atoms with van der Waals surface area (Å²) in [5.41, 5.74) is 0. The Bertz CT molecular complexity index is 189. The average Bonchev–Trinajstić information content (AvgIpc) is 2.53. The van der Waals surface area contributed by atoms with E-state index in [2.05, 4.69) is 24.1 Å². The quantitative estimate of drug-likeness (QED) is 0.470. The van der Waals surface area contributed by atoms with Crippen molar-refractivity contribution in [2.24, 2.45) is 23.7 Å². The minimum Gasteiger partial charge on any atom is -0.306 e. The van der Waals surface area contributed by atoms with Gasteiger partial charge in [-0.05, 0) is 37.1 Å². The van der Waals surface area contributed by atoms with Crippen molar-refractivity contribution in [3.05, 3.63) is 12.2 Å². The summed E-state index contributed by atoms with van der Waals surface area (Å²) in [6, 6.07) is 0. The number of nitrogens with zero attached hydrogens (tertiary/aromatic N) is 1.